The lowest BCUT2D eigenvalue weighted by Crippen LogP contribution is -2.59. The summed E-state index contributed by atoms with van der Waals surface area (Å²) in [6.45, 7) is 7.17. The van der Waals surface area contributed by atoms with Gasteiger partial charge in [0, 0.05) is 18.2 Å². The van der Waals surface area contributed by atoms with Gasteiger partial charge in [0.05, 0.1) is 4.92 Å². The molecule has 0 aliphatic carbocycles. The van der Waals surface area contributed by atoms with Crippen LogP contribution in [-0.4, -0.2) is 60.0 Å². The minimum atomic E-state index is -0.280. The van der Waals surface area contributed by atoms with Gasteiger partial charge in [-0.1, -0.05) is 12.5 Å². The molecule has 6 heteroatoms. The van der Waals surface area contributed by atoms with Crippen LogP contribution in [0, 0.1) is 17.0 Å². The van der Waals surface area contributed by atoms with Gasteiger partial charge in [-0.25, -0.2) is 0 Å². The second-order valence-corrected chi connectivity index (χ2v) is 7.71. The van der Waals surface area contributed by atoms with Gasteiger partial charge in [0.25, 0.3) is 5.69 Å². The first-order valence-corrected chi connectivity index (χ1v) is 9.43. The molecule has 138 valence electrons. The monoisotopic (exact) mass is 346 g/mol. The normalized spacial score (nSPS) is 21.8. The van der Waals surface area contributed by atoms with Crippen LogP contribution < -0.4 is 5.32 Å². The van der Waals surface area contributed by atoms with E-state index in [2.05, 4.69) is 22.2 Å². The van der Waals surface area contributed by atoms with Crippen LogP contribution in [0.15, 0.2) is 18.2 Å². The molecule has 6 nitrogen and oxygen atoms in total. The summed E-state index contributed by atoms with van der Waals surface area (Å²) in [5, 5.41) is 14.8. The van der Waals surface area contributed by atoms with Crippen LogP contribution in [0.3, 0.4) is 0 Å². The number of nitro groups is 1. The molecule has 1 N–H and O–H groups in total. The van der Waals surface area contributed by atoms with Crippen LogP contribution in [0.2, 0.25) is 0 Å². The van der Waals surface area contributed by atoms with E-state index in [1.54, 1.807) is 6.07 Å². The van der Waals surface area contributed by atoms with Crippen LogP contribution in [0.4, 0.5) is 11.4 Å². The van der Waals surface area contributed by atoms with Crippen molar-refractivity contribution in [3.05, 3.63) is 33.9 Å². The standard InChI is InChI=1S/C19H30N4O2/c1-16-6-7-17(18(14-16)23(24)25)20-15-19(8-12-21(2)13-9-19)22-10-4-3-5-11-22/h6-7,14,20H,3-5,8-13,15H2,1-2H3. The molecule has 0 aromatic heterocycles. The first-order valence-electron chi connectivity index (χ1n) is 9.43. The first kappa shape index (κ1) is 18.1. The highest BCUT2D eigenvalue weighted by molar-refractivity contribution is 5.62. The number of rotatable bonds is 5. The molecule has 2 fully saturated rings. The Labute approximate surface area is 150 Å². The maximum Gasteiger partial charge on any atom is 0.292 e. The molecular formula is C19H30N4O2. The molecule has 0 bridgehead atoms. The van der Waals surface area contributed by atoms with Gasteiger partial charge in [0.1, 0.15) is 5.69 Å². The number of anilines is 1. The second kappa shape index (κ2) is 7.70. The average Bonchev–Trinajstić information content (AvgIpc) is 2.63. The Morgan fingerprint density at radius 1 is 1.16 bits per heavy atom. The van der Waals surface area contributed by atoms with E-state index < -0.39 is 0 Å². The summed E-state index contributed by atoms with van der Waals surface area (Å²) in [4.78, 5) is 16.2. The third-order valence-corrected chi connectivity index (χ3v) is 5.90. The van der Waals surface area contributed by atoms with Gasteiger partial charge in [-0.05, 0) is 77.5 Å². The molecule has 3 rings (SSSR count). The lowest BCUT2D eigenvalue weighted by molar-refractivity contribution is -0.384. The predicted octanol–water partition coefficient (Wildman–Crippen LogP) is 3.27. The van der Waals surface area contributed by atoms with E-state index in [9.17, 15) is 10.1 Å². The third-order valence-electron chi connectivity index (χ3n) is 5.90. The molecule has 2 aliphatic rings. The van der Waals surface area contributed by atoms with Gasteiger partial charge >= 0.3 is 0 Å². The number of hydrogen-bond donors (Lipinski definition) is 1. The lowest BCUT2D eigenvalue weighted by Gasteiger charge is -2.50. The van der Waals surface area contributed by atoms with Gasteiger partial charge in [0.2, 0.25) is 0 Å². The molecule has 1 aromatic carbocycles. The maximum atomic E-state index is 11.4. The van der Waals surface area contributed by atoms with E-state index in [0.717, 1.165) is 51.1 Å². The highest BCUT2D eigenvalue weighted by atomic mass is 16.6. The molecule has 0 radical (unpaired) electrons. The Balaban J connectivity index is 1.78. The van der Waals surface area contributed by atoms with Crippen LogP contribution in [0.25, 0.3) is 0 Å². The van der Waals surface area contributed by atoms with E-state index in [-0.39, 0.29) is 16.1 Å². The zero-order valence-electron chi connectivity index (χ0n) is 15.5. The number of hydrogen-bond acceptors (Lipinski definition) is 5. The molecule has 25 heavy (non-hydrogen) atoms. The van der Waals surface area contributed by atoms with Crippen molar-refractivity contribution in [2.45, 2.75) is 44.6 Å². The van der Waals surface area contributed by atoms with E-state index in [0.29, 0.717) is 5.69 Å². The number of nitro benzene ring substituents is 1. The average molecular weight is 346 g/mol. The molecular weight excluding hydrogens is 316 g/mol. The molecule has 0 atom stereocenters. The van der Waals surface area contributed by atoms with Gasteiger partial charge in [-0.2, -0.15) is 0 Å². The molecule has 2 heterocycles. The van der Waals surface area contributed by atoms with Gasteiger partial charge in [0.15, 0.2) is 0 Å². The first-order chi connectivity index (χ1) is 12.0. The van der Waals surface area contributed by atoms with Gasteiger partial charge in [-0.15, -0.1) is 0 Å². The van der Waals surface area contributed by atoms with Crippen molar-refractivity contribution < 1.29 is 4.92 Å². The summed E-state index contributed by atoms with van der Waals surface area (Å²) in [5.74, 6) is 0. The van der Waals surface area contributed by atoms with Crippen molar-refractivity contribution in [3.63, 3.8) is 0 Å². The van der Waals surface area contributed by atoms with Crippen molar-refractivity contribution in [2.75, 3.05) is 45.1 Å². The lowest BCUT2D eigenvalue weighted by atomic mass is 9.84. The fourth-order valence-electron chi connectivity index (χ4n) is 4.21. The van der Waals surface area contributed by atoms with E-state index in [4.69, 9.17) is 0 Å². The third kappa shape index (κ3) is 4.12. The fraction of sp³-hybridized carbons (Fsp3) is 0.684. The highest BCUT2D eigenvalue weighted by Gasteiger charge is 2.39. The summed E-state index contributed by atoms with van der Waals surface area (Å²) in [6, 6.07) is 5.45. The number of aryl methyl sites for hydroxylation is 1. The van der Waals surface area contributed by atoms with Crippen LogP contribution in [0.1, 0.15) is 37.7 Å². The molecule has 0 amide bonds. The van der Waals surface area contributed by atoms with Gasteiger partial charge in [-0.3, -0.25) is 15.0 Å². The van der Waals surface area contributed by atoms with Crippen LogP contribution in [0.5, 0.6) is 0 Å². The number of likely N-dealkylation sites (tertiary alicyclic amines) is 2. The zero-order valence-corrected chi connectivity index (χ0v) is 15.5. The number of benzene rings is 1. The number of nitrogens with one attached hydrogen (secondary N) is 1. The summed E-state index contributed by atoms with van der Waals surface area (Å²) < 4.78 is 0. The quantitative estimate of drug-likeness (QED) is 0.655. The molecule has 0 saturated carbocycles. The zero-order chi connectivity index (χ0) is 17.9. The Morgan fingerprint density at radius 2 is 1.84 bits per heavy atom. The van der Waals surface area contributed by atoms with E-state index >= 15 is 0 Å². The van der Waals surface area contributed by atoms with Crippen molar-refractivity contribution in [1.82, 2.24) is 9.80 Å². The summed E-state index contributed by atoms with van der Waals surface area (Å²) >= 11 is 0. The molecule has 1 aromatic rings. The summed E-state index contributed by atoms with van der Waals surface area (Å²) in [6.07, 6.45) is 6.10. The minimum absolute atomic E-state index is 0.117. The molecule has 2 aliphatic heterocycles. The summed E-state index contributed by atoms with van der Waals surface area (Å²) in [5.41, 5.74) is 1.86. The van der Waals surface area contributed by atoms with Crippen LogP contribution in [-0.2, 0) is 0 Å². The Hall–Kier alpha value is -1.66. The Kier molecular flexibility index (Phi) is 5.59. The number of piperidine rings is 2. The number of nitrogens with zero attached hydrogens (tertiary/aromatic N) is 3. The second-order valence-electron chi connectivity index (χ2n) is 7.71. The minimum Gasteiger partial charge on any atom is -0.378 e. The highest BCUT2D eigenvalue weighted by Crippen LogP contribution is 2.33. The van der Waals surface area contributed by atoms with Crippen molar-refractivity contribution >= 4 is 11.4 Å². The molecule has 2 saturated heterocycles. The summed E-state index contributed by atoms with van der Waals surface area (Å²) in [7, 11) is 2.18. The maximum absolute atomic E-state index is 11.4. The largest absolute Gasteiger partial charge is 0.378 e. The smallest absolute Gasteiger partial charge is 0.292 e. The fourth-order valence-corrected chi connectivity index (χ4v) is 4.21. The van der Waals surface area contributed by atoms with Crippen molar-refractivity contribution in [2.24, 2.45) is 0 Å². The Bertz CT molecular complexity index is 605. The molecule has 0 spiro atoms. The van der Waals surface area contributed by atoms with Gasteiger partial charge < -0.3 is 10.2 Å². The predicted molar refractivity (Wildman–Crippen MR) is 101 cm³/mol. The van der Waals surface area contributed by atoms with Crippen molar-refractivity contribution in [1.29, 1.82) is 0 Å². The van der Waals surface area contributed by atoms with Crippen LogP contribution >= 0.6 is 0 Å². The van der Waals surface area contributed by atoms with E-state index in [1.807, 2.05) is 19.1 Å². The molecule has 0 unspecified atom stereocenters. The van der Waals surface area contributed by atoms with E-state index in [1.165, 1.54) is 19.3 Å². The van der Waals surface area contributed by atoms with Crippen molar-refractivity contribution in [3.8, 4) is 0 Å². The topological polar surface area (TPSA) is 61.6 Å². The Morgan fingerprint density at radius 3 is 2.48 bits per heavy atom. The SMILES string of the molecule is Cc1ccc(NCC2(N3CCCCC3)CCN(C)CC2)c([N+](=O)[O-])c1.